The third-order valence-corrected chi connectivity index (χ3v) is 4.97. The average Bonchev–Trinajstić information content (AvgIpc) is 2.75. The van der Waals surface area contributed by atoms with Crippen LogP contribution in [0.1, 0.15) is 21.5 Å². The molecule has 2 heterocycles. The van der Waals surface area contributed by atoms with Crippen LogP contribution in [0, 0.1) is 13.8 Å². The number of amides is 1. The molecule has 0 saturated heterocycles. The number of fused-ring (bicyclic) bond motifs is 1. The van der Waals surface area contributed by atoms with Crippen LogP contribution in [0.2, 0.25) is 0 Å². The lowest BCUT2D eigenvalue weighted by molar-refractivity contribution is 0.102. The normalized spacial score (nSPS) is 10.7. The zero-order chi connectivity index (χ0) is 20.4. The Morgan fingerprint density at radius 3 is 2.45 bits per heavy atom. The SMILES string of the molecule is COc1ccc(-c2nc3ccccc3c(C(=O)Nc3ncccc3C)c2C)cc1. The van der Waals surface area contributed by atoms with Gasteiger partial charge in [0.15, 0.2) is 0 Å². The minimum absolute atomic E-state index is 0.197. The fourth-order valence-corrected chi connectivity index (χ4v) is 3.42. The number of hydrogen-bond acceptors (Lipinski definition) is 4. The highest BCUT2D eigenvalue weighted by atomic mass is 16.5. The van der Waals surface area contributed by atoms with Crippen molar-refractivity contribution in [3.8, 4) is 17.0 Å². The molecule has 0 aliphatic heterocycles. The first-order chi connectivity index (χ1) is 14.1. The number of ether oxygens (including phenoxy) is 1. The Hall–Kier alpha value is -3.73. The van der Waals surface area contributed by atoms with Crippen molar-refractivity contribution in [2.24, 2.45) is 0 Å². The fraction of sp³-hybridized carbons (Fsp3) is 0.125. The second kappa shape index (κ2) is 7.72. The number of rotatable bonds is 4. The van der Waals surface area contributed by atoms with Crippen LogP contribution in [0.4, 0.5) is 5.82 Å². The molecule has 0 radical (unpaired) electrons. The molecule has 144 valence electrons. The van der Waals surface area contributed by atoms with Crippen LogP contribution in [0.25, 0.3) is 22.2 Å². The number of anilines is 1. The maximum atomic E-state index is 13.3. The van der Waals surface area contributed by atoms with E-state index in [1.165, 1.54) is 0 Å². The molecule has 0 bridgehead atoms. The molecule has 29 heavy (non-hydrogen) atoms. The van der Waals surface area contributed by atoms with Gasteiger partial charge in [0.05, 0.1) is 23.9 Å². The highest BCUT2D eigenvalue weighted by molar-refractivity contribution is 6.14. The molecule has 0 fully saturated rings. The summed E-state index contributed by atoms with van der Waals surface area (Å²) in [5.41, 5.74) is 4.80. The molecular weight excluding hydrogens is 362 g/mol. The van der Waals surface area contributed by atoms with Crippen LogP contribution in [-0.4, -0.2) is 23.0 Å². The van der Waals surface area contributed by atoms with E-state index >= 15 is 0 Å². The van der Waals surface area contributed by atoms with Crippen LogP contribution in [-0.2, 0) is 0 Å². The minimum atomic E-state index is -0.197. The summed E-state index contributed by atoms with van der Waals surface area (Å²) in [6.07, 6.45) is 1.67. The number of hydrogen-bond donors (Lipinski definition) is 1. The van der Waals surface area contributed by atoms with Gasteiger partial charge in [-0.3, -0.25) is 4.79 Å². The number of carbonyl (C=O) groups excluding carboxylic acids is 1. The van der Waals surface area contributed by atoms with Crippen molar-refractivity contribution in [1.29, 1.82) is 0 Å². The number of benzene rings is 2. The van der Waals surface area contributed by atoms with Crippen molar-refractivity contribution >= 4 is 22.6 Å². The third-order valence-electron chi connectivity index (χ3n) is 4.97. The molecule has 4 aromatic rings. The standard InChI is InChI=1S/C24H21N3O2/c1-15-7-6-14-25-23(15)27-24(28)21-16(2)22(17-10-12-18(29-3)13-11-17)26-20-9-5-4-8-19(20)21/h4-14H,1-3H3,(H,25,27,28). The predicted octanol–water partition coefficient (Wildman–Crippen LogP) is 5.17. The molecule has 1 amide bonds. The lowest BCUT2D eigenvalue weighted by Gasteiger charge is -2.15. The predicted molar refractivity (Wildman–Crippen MR) is 115 cm³/mol. The molecule has 0 spiro atoms. The highest BCUT2D eigenvalue weighted by Gasteiger charge is 2.19. The van der Waals surface area contributed by atoms with Gasteiger partial charge in [-0.25, -0.2) is 9.97 Å². The Labute approximate surface area is 169 Å². The molecule has 0 atom stereocenters. The van der Waals surface area contributed by atoms with Gasteiger partial charge < -0.3 is 10.1 Å². The van der Waals surface area contributed by atoms with Gasteiger partial charge in [-0.1, -0.05) is 24.3 Å². The monoisotopic (exact) mass is 383 g/mol. The molecule has 1 N–H and O–H groups in total. The first kappa shape index (κ1) is 18.6. The van der Waals surface area contributed by atoms with Crippen molar-refractivity contribution < 1.29 is 9.53 Å². The van der Waals surface area contributed by atoms with E-state index in [1.54, 1.807) is 13.3 Å². The number of nitrogens with zero attached hydrogens (tertiary/aromatic N) is 2. The van der Waals surface area contributed by atoms with E-state index in [2.05, 4.69) is 10.3 Å². The van der Waals surface area contributed by atoms with Crippen molar-refractivity contribution in [3.05, 3.63) is 83.6 Å². The number of aromatic nitrogens is 2. The van der Waals surface area contributed by atoms with Gasteiger partial charge in [0, 0.05) is 17.1 Å². The number of carbonyl (C=O) groups is 1. The zero-order valence-corrected chi connectivity index (χ0v) is 16.6. The van der Waals surface area contributed by atoms with Gasteiger partial charge in [-0.15, -0.1) is 0 Å². The van der Waals surface area contributed by atoms with Crippen LogP contribution in [0.5, 0.6) is 5.75 Å². The van der Waals surface area contributed by atoms with Crippen molar-refractivity contribution in [3.63, 3.8) is 0 Å². The minimum Gasteiger partial charge on any atom is -0.497 e. The summed E-state index contributed by atoms with van der Waals surface area (Å²) in [4.78, 5) is 22.4. The maximum Gasteiger partial charge on any atom is 0.257 e. The highest BCUT2D eigenvalue weighted by Crippen LogP contribution is 2.31. The number of aryl methyl sites for hydroxylation is 1. The summed E-state index contributed by atoms with van der Waals surface area (Å²) in [5, 5.41) is 3.77. The van der Waals surface area contributed by atoms with Crippen LogP contribution in [0.15, 0.2) is 66.9 Å². The summed E-state index contributed by atoms with van der Waals surface area (Å²) in [6.45, 7) is 3.85. The quantitative estimate of drug-likeness (QED) is 0.528. The Bertz CT molecular complexity index is 1200. The topological polar surface area (TPSA) is 64.1 Å². The second-order valence-electron chi connectivity index (χ2n) is 6.83. The molecule has 2 aromatic carbocycles. The van der Waals surface area contributed by atoms with E-state index in [1.807, 2.05) is 74.5 Å². The van der Waals surface area contributed by atoms with Crippen molar-refractivity contribution in [2.45, 2.75) is 13.8 Å². The van der Waals surface area contributed by atoms with Gasteiger partial charge in [-0.05, 0) is 61.4 Å². The smallest absolute Gasteiger partial charge is 0.257 e. The van der Waals surface area contributed by atoms with Gasteiger partial charge in [-0.2, -0.15) is 0 Å². The van der Waals surface area contributed by atoms with E-state index in [9.17, 15) is 4.79 Å². The van der Waals surface area contributed by atoms with E-state index in [-0.39, 0.29) is 5.91 Å². The number of nitrogens with one attached hydrogen (secondary N) is 1. The summed E-state index contributed by atoms with van der Waals surface area (Å²) in [5.74, 6) is 1.14. The first-order valence-electron chi connectivity index (χ1n) is 9.35. The Balaban J connectivity index is 1.86. The molecule has 4 rings (SSSR count). The maximum absolute atomic E-state index is 13.3. The van der Waals surface area contributed by atoms with Crippen LogP contribution >= 0.6 is 0 Å². The molecule has 5 nitrogen and oxygen atoms in total. The Morgan fingerprint density at radius 2 is 1.72 bits per heavy atom. The summed E-state index contributed by atoms with van der Waals surface area (Å²) >= 11 is 0. The van der Waals surface area contributed by atoms with E-state index in [4.69, 9.17) is 9.72 Å². The average molecular weight is 383 g/mol. The van der Waals surface area contributed by atoms with Gasteiger partial charge in [0.1, 0.15) is 11.6 Å². The van der Waals surface area contributed by atoms with Crippen molar-refractivity contribution in [2.75, 3.05) is 12.4 Å². The summed E-state index contributed by atoms with van der Waals surface area (Å²) < 4.78 is 5.25. The molecule has 0 aliphatic carbocycles. The molecule has 0 aliphatic rings. The van der Waals surface area contributed by atoms with Crippen LogP contribution in [0.3, 0.4) is 0 Å². The van der Waals surface area contributed by atoms with Gasteiger partial charge in [0.2, 0.25) is 0 Å². The largest absolute Gasteiger partial charge is 0.497 e. The summed E-state index contributed by atoms with van der Waals surface area (Å²) in [6, 6.07) is 19.1. The molecule has 5 heteroatoms. The lowest BCUT2D eigenvalue weighted by Crippen LogP contribution is -2.16. The second-order valence-corrected chi connectivity index (χ2v) is 6.83. The number of pyridine rings is 2. The van der Waals surface area contributed by atoms with E-state index in [0.29, 0.717) is 11.4 Å². The Kier molecular flexibility index (Phi) is 4.96. The van der Waals surface area contributed by atoms with E-state index < -0.39 is 0 Å². The van der Waals surface area contributed by atoms with Crippen LogP contribution < -0.4 is 10.1 Å². The van der Waals surface area contributed by atoms with Gasteiger partial charge >= 0.3 is 0 Å². The lowest BCUT2D eigenvalue weighted by atomic mass is 9.97. The number of methoxy groups -OCH3 is 1. The van der Waals surface area contributed by atoms with E-state index in [0.717, 1.165) is 39.0 Å². The molecule has 2 aromatic heterocycles. The Morgan fingerprint density at radius 1 is 0.966 bits per heavy atom. The summed E-state index contributed by atoms with van der Waals surface area (Å²) in [7, 11) is 1.64. The fourth-order valence-electron chi connectivity index (χ4n) is 3.42. The molecule has 0 saturated carbocycles. The third kappa shape index (κ3) is 3.55. The zero-order valence-electron chi connectivity index (χ0n) is 16.6. The molecule has 0 unspecified atom stereocenters. The number of para-hydroxylation sites is 1. The molecular formula is C24H21N3O2. The van der Waals surface area contributed by atoms with Gasteiger partial charge in [0.25, 0.3) is 5.91 Å². The first-order valence-corrected chi connectivity index (χ1v) is 9.35. The van der Waals surface area contributed by atoms with Crippen molar-refractivity contribution in [1.82, 2.24) is 9.97 Å².